The van der Waals surface area contributed by atoms with E-state index in [0.29, 0.717) is 12.5 Å². The number of nitrogens with one attached hydrogen (secondary N) is 1. The largest absolute Gasteiger partial charge is 0.396 e. The molecule has 2 heteroatoms. The highest BCUT2D eigenvalue weighted by Crippen LogP contribution is 2.30. The lowest BCUT2D eigenvalue weighted by Crippen LogP contribution is -2.38. The molecule has 2 N–H and O–H groups in total. The highest BCUT2D eigenvalue weighted by atomic mass is 16.3. The van der Waals surface area contributed by atoms with Crippen molar-refractivity contribution in [2.75, 3.05) is 13.2 Å². The van der Waals surface area contributed by atoms with Crippen molar-refractivity contribution in [2.45, 2.75) is 71.8 Å². The van der Waals surface area contributed by atoms with Crippen LogP contribution in [-0.4, -0.2) is 24.3 Å². The monoisotopic (exact) mass is 255 g/mol. The molecule has 0 saturated heterocycles. The molecule has 0 radical (unpaired) electrons. The first kappa shape index (κ1) is 16.0. The van der Waals surface area contributed by atoms with Gasteiger partial charge in [-0.05, 0) is 50.0 Å². The van der Waals surface area contributed by atoms with E-state index in [9.17, 15) is 0 Å². The Morgan fingerprint density at radius 3 is 2.61 bits per heavy atom. The second-order valence-corrected chi connectivity index (χ2v) is 6.44. The molecule has 108 valence electrons. The zero-order valence-electron chi connectivity index (χ0n) is 12.6. The molecule has 0 aliphatic heterocycles. The van der Waals surface area contributed by atoms with Gasteiger partial charge in [0.15, 0.2) is 0 Å². The third kappa shape index (κ3) is 5.71. The molecule has 0 aromatic carbocycles. The van der Waals surface area contributed by atoms with E-state index < -0.39 is 0 Å². The topological polar surface area (TPSA) is 32.3 Å². The summed E-state index contributed by atoms with van der Waals surface area (Å²) in [6.45, 7) is 8.40. The molecule has 2 nitrogen and oxygen atoms in total. The SMILES string of the molecule is CCCC(CCO)CNC1CCCC(C(C)C)C1. The van der Waals surface area contributed by atoms with Crippen molar-refractivity contribution in [3.05, 3.63) is 0 Å². The van der Waals surface area contributed by atoms with E-state index in [4.69, 9.17) is 5.11 Å². The van der Waals surface area contributed by atoms with E-state index in [1.165, 1.54) is 38.5 Å². The third-order valence-electron chi connectivity index (χ3n) is 4.59. The molecule has 0 aromatic heterocycles. The molecular formula is C16H33NO. The summed E-state index contributed by atoms with van der Waals surface area (Å²) in [7, 11) is 0. The van der Waals surface area contributed by atoms with E-state index in [1.54, 1.807) is 0 Å². The van der Waals surface area contributed by atoms with Gasteiger partial charge in [0.05, 0.1) is 0 Å². The Morgan fingerprint density at radius 1 is 1.22 bits per heavy atom. The van der Waals surface area contributed by atoms with Crippen molar-refractivity contribution in [3.8, 4) is 0 Å². The first-order valence-corrected chi connectivity index (χ1v) is 8.01. The van der Waals surface area contributed by atoms with Gasteiger partial charge in [0, 0.05) is 12.6 Å². The Morgan fingerprint density at radius 2 is 2.00 bits per heavy atom. The van der Waals surface area contributed by atoms with Gasteiger partial charge in [-0.15, -0.1) is 0 Å². The molecule has 3 unspecified atom stereocenters. The van der Waals surface area contributed by atoms with Gasteiger partial charge >= 0.3 is 0 Å². The van der Waals surface area contributed by atoms with Gasteiger partial charge in [0.1, 0.15) is 0 Å². The smallest absolute Gasteiger partial charge is 0.0434 e. The maximum absolute atomic E-state index is 9.09. The Labute approximate surface area is 114 Å². The highest BCUT2D eigenvalue weighted by molar-refractivity contribution is 4.80. The molecule has 3 atom stereocenters. The van der Waals surface area contributed by atoms with Gasteiger partial charge in [-0.3, -0.25) is 0 Å². The summed E-state index contributed by atoms with van der Waals surface area (Å²) >= 11 is 0. The van der Waals surface area contributed by atoms with Crippen LogP contribution in [0.25, 0.3) is 0 Å². The lowest BCUT2D eigenvalue weighted by atomic mass is 9.79. The van der Waals surface area contributed by atoms with Crippen LogP contribution in [0.4, 0.5) is 0 Å². The van der Waals surface area contributed by atoms with E-state index in [0.717, 1.165) is 30.8 Å². The quantitative estimate of drug-likeness (QED) is 0.695. The summed E-state index contributed by atoms with van der Waals surface area (Å²) < 4.78 is 0. The Hall–Kier alpha value is -0.0800. The van der Waals surface area contributed by atoms with Crippen LogP contribution in [0.15, 0.2) is 0 Å². The fourth-order valence-corrected chi connectivity index (χ4v) is 3.29. The molecule has 1 fully saturated rings. The lowest BCUT2D eigenvalue weighted by Gasteiger charge is -2.33. The summed E-state index contributed by atoms with van der Waals surface area (Å²) in [5, 5.41) is 12.9. The van der Waals surface area contributed by atoms with Gasteiger partial charge in [0.25, 0.3) is 0 Å². The fraction of sp³-hybridized carbons (Fsp3) is 1.00. The van der Waals surface area contributed by atoms with Gasteiger partial charge in [-0.25, -0.2) is 0 Å². The van der Waals surface area contributed by atoms with Crippen LogP contribution in [0.5, 0.6) is 0 Å². The third-order valence-corrected chi connectivity index (χ3v) is 4.59. The zero-order chi connectivity index (χ0) is 13.4. The van der Waals surface area contributed by atoms with Crippen molar-refractivity contribution in [1.29, 1.82) is 0 Å². The first-order chi connectivity index (χ1) is 8.67. The number of hydrogen-bond acceptors (Lipinski definition) is 2. The van der Waals surface area contributed by atoms with Crippen LogP contribution < -0.4 is 5.32 Å². The van der Waals surface area contributed by atoms with Crippen molar-refractivity contribution >= 4 is 0 Å². The molecule has 0 heterocycles. The van der Waals surface area contributed by atoms with Crippen LogP contribution in [0.2, 0.25) is 0 Å². The molecule has 1 rings (SSSR count). The van der Waals surface area contributed by atoms with Crippen LogP contribution in [0, 0.1) is 17.8 Å². The molecule has 0 amide bonds. The zero-order valence-corrected chi connectivity index (χ0v) is 12.6. The fourth-order valence-electron chi connectivity index (χ4n) is 3.29. The first-order valence-electron chi connectivity index (χ1n) is 8.01. The Bertz CT molecular complexity index is 199. The number of rotatable bonds is 8. The Kier molecular flexibility index (Phi) is 7.92. The van der Waals surface area contributed by atoms with Gasteiger partial charge in [-0.1, -0.05) is 40.0 Å². The van der Waals surface area contributed by atoms with Crippen molar-refractivity contribution < 1.29 is 5.11 Å². The summed E-state index contributed by atoms with van der Waals surface area (Å²) in [6.07, 6.45) is 8.95. The molecule has 1 saturated carbocycles. The van der Waals surface area contributed by atoms with Crippen LogP contribution in [0.3, 0.4) is 0 Å². The predicted molar refractivity (Wildman–Crippen MR) is 78.7 cm³/mol. The number of aliphatic hydroxyl groups excluding tert-OH is 1. The second-order valence-electron chi connectivity index (χ2n) is 6.44. The number of aliphatic hydroxyl groups is 1. The summed E-state index contributed by atoms with van der Waals surface area (Å²) in [6, 6.07) is 0.726. The van der Waals surface area contributed by atoms with Crippen LogP contribution >= 0.6 is 0 Å². The molecular weight excluding hydrogens is 222 g/mol. The van der Waals surface area contributed by atoms with Gasteiger partial charge in [-0.2, -0.15) is 0 Å². The molecule has 0 aromatic rings. The maximum atomic E-state index is 9.09. The number of hydrogen-bond donors (Lipinski definition) is 2. The normalized spacial score (nSPS) is 26.5. The van der Waals surface area contributed by atoms with Crippen LogP contribution in [0.1, 0.15) is 65.7 Å². The van der Waals surface area contributed by atoms with Gasteiger partial charge in [0.2, 0.25) is 0 Å². The average Bonchev–Trinajstić information content (AvgIpc) is 2.37. The minimum atomic E-state index is 0.339. The summed E-state index contributed by atoms with van der Waals surface area (Å²) in [4.78, 5) is 0. The maximum Gasteiger partial charge on any atom is 0.0434 e. The predicted octanol–water partition coefficient (Wildman–Crippen LogP) is 3.59. The highest BCUT2D eigenvalue weighted by Gasteiger charge is 2.24. The Balaban J connectivity index is 2.28. The van der Waals surface area contributed by atoms with E-state index in [-0.39, 0.29) is 0 Å². The summed E-state index contributed by atoms with van der Waals surface area (Å²) in [5.74, 6) is 2.41. The molecule has 0 bridgehead atoms. The van der Waals surface area contributed by atoms with Crippen molar-refractivity contribution in [3.63, 3.8) is 0 Å². The lowest BCUT2D eigenvalue weighted by molar-refractivity contribution is 0.212. The van der Waals surface area contributed by atoms with E-state index in [1.807, 2.05) is 0 Å². The molecule has 1 aliphatic carbocycles. The minimum absolute atomic E-state index is 0.339. The average molecular weight is 255 g/mol. The second kappa shape index (κ2) is 8.92. The van der Waals surface area contributed by atoms with E-state index >= 15 is 0 Å². The molecule has 18 heavy (non-hydrogen) atoms. The minimum Gasteiger partial charge on any atom is -0.396 e. The summed E-state index contributed by atoms with van der Waals surface area (Å²) in [5.41, 5.74) is 0. The molecule has 1 aliphatic rings. The van der Waals surface area contributed by atoms with Gasteiger partial charge < -0.3 is 10.4 Å². The molecule has 0 spiro atoms. The van der Waals surface area contributed by atoms with Crippen molar-refractivity contribution in [1.82, 2.24) is 5.32 Å². The van der Waals surface area contributed by atoms with Crippen molar-refractivity contribution in [2.24, 2.45) is 17.8 Å². The van der Waals surface area contributed by atoms with E-state index in [2.05, 4.69) is 26.1 Å². The van der Waals surface area contributed by atoms with Crippen LogP contribution in [-0.2, 0) is 0 Å². The standard InChI is InChI=1S/C16H33NO/c1-4-6-14(9-10-18)12-17-16-8-5-7-15(11-16)13(2)3/h13-18H,4-12H2,1-3H3.